The standard InChI is InChI=1S/C29H23N3O2S/c1-21-13-15-26(16-14-21)35(33,34)32-25(19-23-9-3-5-11-28(23)32)20-24-18-22-8-2-4-10-27(22)31(24)29-12-6-7-17-30-29/h2-19H,20H2,1H3. The normalized spacial score (nSPS) is 11.9. The number of pyridine rings is 1. The van der Waals surface area contributed by atoms with Gasteiger partial charge in [-0.15, -0.1) is 0 Å². The van der Waals surface area contributed by atoms with E-state index in [2.05, 4.69) is 27.8 Å². The number of hydrogen-bond acceptors (Lipinski definition) is 3. The van der Waals surface area contributed by atoms with Crippen LogP contribution in [0.2, 0.25) is 0 Å². The summed E-state index contributed by atoms with van der Waals surface area (Å²) in [6.07, 6.45) is 2.19. The van der Waals surface area contributed by atoms with Crippen molar-refractivity contribution in [2.75, 3.05) is 0 Å². The van der Waals surface area contributed by atoms with E-state index >= 15 is 0 Å². The fraction of sp³-hybridized carbons (Fsp3) is 0.0690. The van der Waals surface area contributed by atoms with Crippen LogP contribution in [0.5, 0.6) is 0 Å². The molecule has 0 aliphatic heterocycles. The van der Waals surface area contributed by atoms with Gasteiger partial charge in [-0.1, -0.05) is 60.2 Å². The zero-order valence-corrected chi connectivity index (χ0v) is 20.0. The highest BCUT2D eigenvalue weighted by Crippen LogP contribution is 2.30. The van der Waals surface area contributed by atoms with Crippen LogP contribution in [0, 0.1) is 6.92 Å². The highest BCUT2D eigenvalue weighted by atomic mass is 32.2. The lowest BCUT2D eigenvalue weighted by molar-refractivity contribution is 0.587. The van der Waals surface area contributed by atoms with Gasteiger partial charge in [0.25, 0.3) is 10.0 Å². The minimum Gasteiger partial charge on any atom is -0.298 e. The van der Waals surface area contributed by atoms with E-state index < -0.39 is 10.0 Å². The molecule has 0 atom stereocenters. The summed E-state index contributed by atoms with van der Waals surface area (Å²) in [7, 11) is -3.81. The van der Waals surface area contributed by atoms with E-state index in [0.717, 1.165) is 33.4 Å². The number of fused-ring (bicyclic) bond motifs is 2. The van der Waals surface area contributed by atoms with Crippen LogP contribution >= 0.6 is 0 Å². The summed E-state index contributed by atoms with van der Waals surface area (Å²) in [4.78, 5) is 4.86. The van der Waals surface area contributed by atoms with Crippen LogP contribution in [0.25, 0.3) is 27.6 Å². The summed E-state index contributed by atoms with van der Waals surface area (Å²) < 4.78 is 31.4. The molecule has 0 amide bonds. The molecule has 0 bridgehead atoms. The van der Waals surface area contributed by atoms with Crippen molar-refractivity contribution in [1.82, 2.24) is 13.5 Å². The highest BCUT2D eigenvalue weighted by Gasteiger charge is 2.24. The van der Waals surface area contributed by atoms with E-state index in [-0.39, 0.29) is 4.90 Å². The summed E-state index contributed by atoms with van der Waals surface area (Å²) in [6, 6.07) is 32.7. The molecule has 0 saturated carbocycles. The summed E-state index contributed by atoms with van der Waals surface area (Å²) in [6.45, 7) is 1.95. The van der Waals surface area contributed by atoms with Crippen LogP contribution < -0.4 is 0 Å². The van der Waals surface area contributed by atoms with Gasteiger partial charge in [0.05, 0.1) is 15.9 Å². The number of rotatable bonds is 5. The van der Waals surface area contributed by atoms with Crippen molar-refractivity contribution in [3.8, 4) is 5.82 Å². The molecule has 0 spiro atoms. The van der Waals surface area contributed by atoms with E-state index in [0.29, 0.717) is 17.6 Å². The van der Waals surface area contributed by atoms with Gasteiger partial charge >= 0.3 is 0 Å². The lowest BCUT2D eigenvalue weighted by atomic mass is 10.2. The van der Waals surface area contributed by atoms with Gasteiger partial charge in [-0.3, -0.25) is 4.57 Å². The second kappa shape index (κ2) is 8.25. The summed E-state index contributed by atoms with van der Waals surface area (Å²) in [5.74, 6) is 0.799. The van der Waals surface area contributed by atoms with Gasteiger partial charge < -0.3 is 0 Å². The molecule has 3 aromatic carbocycles. The molecular formula is C29H23N3O2S. The maximum atomic E-state index is 13.9. The number of benzene rings is 3. The van der Waals surface area contributed by atoms with Crippen molar-refractivity contribution in [3.63, 3.8) is 0 Å². The molecule has 6 heteroatoms. The average molecular weight is 478 g/mol. The van der Waals surface area contributed by atoms with Crippen LogP contribution in [-0.4, -0.2) is 21.9 Å². The maximum absolute atomic E-state index is 13.9. The van der Waals surface area contributed by atoms with Gasteiger partial charge in [0.15, 0.2) is 0 Å². The predicted octanol–water partition coefficient (Wildman–Crippen LogP) is 6.12. The van der Waals surface area contributed by atoms with Gasteiger partial charge in [0.1, 0.15) is 5.82 Å². The van der Waals surface area contributed by atoms with Crippen molar-refractivity contribution < 1.29 is 8.42 Å². The second-order valence-electron chi connectivity index (χ2n) is 8.67. The van der Waals surface area contributed by atoms with E-state index in [9.17, 15) is 8.42 Å². The number of para-hydroxylation sites is 2. The van der Waals surface area contributed by atoms with Crippen LogP contribution in [-0.2, 0) is 16.4 Å². The van der Waals surface area contributed by atoms with Crippen LogP contribution in [0.3, 0.4) is 0 Å². The quantitative estimate of drug-likeness (QED) is 0.301. The fourth-order valence-electron chi connectivity index (χ4n) is 4.69. The first-order valence-corrected chi connectivity index (χ1v) is 12.9. The Kier molecular flexibility index (Phi) is 5.04. The Labute approximate surface area is 204 Å². The summed E-state index contributed by atoms with van der Waals surface area (Å²) in [5, 5.41) is 1.97. The monoisotopic (exact) mass is 477 g/mol. The Morgan fingerprint density at radius 2 is 1.34 bits per heavy atom. The third-order valence-corrected chi connectivity index (χ3v) is 8.11. The zero-order chi connectivity index (χ0) is 24.0. The predicted molar refractivity (Wildman–Crippen MR) is 140 cm³/mol. The molecule has 3 aromatic heterocycles. The molecule has 6 rings (SSSR count). The van der Waals surface area contributed by atoms with E-state index in [1.807, 2.05) is 79.7 Å². The molecule has 0 N–H and O–H groups in total. The Bertz CT molecular complexity index is 1780. The highest BCUT2D eigenvalue weighted by molar-refractivity contribution is 7.90. The molecule has 0 unspecified atom stereocenters. The number of nitrogens with zero attached hydrogens (tertiary/aromatic N) is 3. The Balaban J connectivity index is 1.57. The van der Waals surface area contributed by atoms with Gasteiger partial charge in [-0.2, -0.15) is 0 Å². The minimum atomic E-state index is -3.81. The first-order chi connectivity index (χ1) is 17.0. The smallest absolute Gasteiger partial charge is 0.268 e. The lowest BCUT2D eigenvalue weighted by Gasteiger charge is -2.14. The van der Waals surface area contributed by atoms with E-state index in [1.165, 1.54) is 3.97 Å². The van der Waals surface area contributed by atoms with E-state index in [1.54, 1.807) is 18.3 Å². The molecule has 0 radical (unpaired) electrons. The molecule has 3 heterocycles. The van der Waals surface area contributed by atoms with E-state index in [4.69, 9.17) is 0 Å². The number of aryl methyl sites for hydroxylation is 1. The molecule has 0 aliphatic carbocycles. The Morgan fingerprint density at radius 3 is 2.06 bits per heavy atom. The first-order valence-electron chi connectivity index (χ1n) is 11.4. The molecule has 0 aliphatic rings. The van der Waals surface area contributed by atoms with Crippen LogP contribution in [0.1, 0.15) is 17.0 Å². The third-order valence-electron chi connectivity index (χ3n) is 6.33. The fourth-order valence-corrected chi connectivity index (χ4v) is 6.24. The Morgan fingerprint density at radius 1 is 0.714 bits per heavy atom. The molecule has 5 nitrogen and oxygen atoms in total. The summed E-state index contributed by atoms with van der Waals surface area (Å²) >= 11 is 0. The number of hydrogen-bond donors (Lipinski definition) is 0. The topological polar surface area (TPSA) is 56.9 Å². The zero-order valence-electron chi connectivity index (χ0n) is 19.2. The van der Waals surface area contributed by atoms with Crippen molar-refractivity contribution in [1.29, 1.82) is 0 Å². The van der Waals surface area contributed by atoms with Gasteiger partial charge in [-0.25, -0.2) is 17.4 Å². The van der Waals surface area contributed by atoms with Crippen molar-refractivity contribution in [3.05, 3.63) is 126 Å². The molecule has 6 aromatic rings. The van der Waals surface area contributed by atoms with Crippen molar-refractivity contribution in [2.45, 2.75) is 18.2 Å². The van der Waals surface area contributed by atoms with Crippen LogP contribution in [0.4, 0.5) is 0 Å². The summed E-state index contributed by atoms with van der Waals surface area (Å²) in [5.41, 5.74) is 4.38. The first kappa shape index (κ1) is 21.4. The molecule has 172 valence electrons. The number of aromatic nitrogens is 3. The minimum absolute atomic E-state index is 0.274. The average Bonchev–Trinajstić information content (AvgIpc) is 3.43. The van der Waals surface area contributed by atoms with Crippen LogP contribution in [0.15, 0.2) is 114 Å². The van der Waals surface area contributed by atoms with Crippen molar-refractivity contribution >= 4 is 31.8 Å². The van der Waals surface area contributed by atoms with Gasteiger partial charge in [-0.05, 0) is 55.5 Å². The maximum Gasteiger partial charge on any atom is 0.268 e. The second-order valence-corrected chi connectivity index (χ2v) is 10.5. The molecule has 0 fully saturated rings. The largest absolute Gasteiger partial charge is 0.298 e. The van der Waals surface area contributed by atoms with Gasteiger partial charge in [0, 0.05) is 34.8 Å². The van der Waals surface area contributed by atoms with Gasteiger partial charge in [0.2, 0.25) is 0 Å². The molecule has 0 saturated heterocycles. The SMILES string of the molecule is Cc1ccc(S(=O)(=O)n2c(Cc3cc4ccccc4n3-c3ccccn3)cc3ccccc32)cc1. The Hall–Kier alpha value is -4.16. The van der Waals surface area contributed by atoms with Crippen molar-refractivity contribution in [2.24, 2.45) is 0 Å². The molecule has 35 heavy (non-hydrogen) atoms. The molecular weight excluding hydrogens is 454 g/mol. The third kappa shape index (κ3) is 3.63. The lowest BCUT2D eigenvalue weighted by Crippen LogP contribution is -2.16.